The van der Waals surface area contributed by atoms with Crippen LogP contribution in [0, 0.1) is 22.8 Å². The molecule has 0 aromatic rings. The molecule has 0 aliphatic heterocycles. The summed E-state index contributed by atoms with van der Waals surface area (Å²) < 4.78 is 4.42. The molecule has 0 aliphatic rings. The van der Waals surface area contributed by atoms with E-state index in [2.05, 4.69) is 4.74 Å². The third-order valence-corrected chi connectivity index (χ3v) is 1.14. The van der Waals surface area contributed by atoms with Crippen molar-refractivity contribution in [1.29, 1.82) is 10.5 Å². The summed E-state index contributed by atoms with van der Waals surface area (Å²) in [4.78, 5) is 21.9. The number of ether oxygens (including phenoxy) is 1. The molecule has 0 unspecified atom stereocenters. The second-order valence-corrected chi connectivity index (χ2v) is 2.10. The van der Waals surface area contributed by atoms with Gasteiger partial charge >= 0.3 is 6.09 Å². The van der Waals surface area contributed by atoms with Gasteiger partial charge in [-0.3, -0.25) is 15.4 Å². The van der Waals surface area contributed by atoms with E-state index in [4.69, 9.17) is 10.5 Å². The zero-order valence-electron chi connectivity index (χ0n) is 7.90. The number of nitrogens with one attached hydrogen (secondary N) is 2. The average Bonchev–Trinajstić information content (AvgIpc) is 2.19. The zero-order chi connectivity index (χ0) is 11.7. The number of hydrogen-bond acceptors (Lipinski definition) is 6. The first-order valence-electron chi connectivity index (χ1n) is 3.88. The summed E-state index contributed by atoms with van der Waals surface area (Å²) in [5, 5.41) is 20.4. The van der Waals surface area contributed by atoms with Gasteiger partial charge in [-0.2, -0.15) is 10.5 Å². The van der Waals surface area contributed by atoms with Crippen LogP contribution in [0.15, 0.2) is 11.8 Å². The minimum atomic E-state index is -0.944. The van der Waals surface area contributed by atoms with Crippen molar-refractivity contribution in [2.45, 2.75) is 6.92 Å². The van der Waals surface area contributed by atoms with Gasteiger partial charge in [-0.25, -0.2) is 4.79 Å². The molecule has 0 saturated heterocycles. The minimum absolute atomic E-state index is 0.112. The van der Waals surface area contributed by atoms with Gasteiger partial charge in [0.2, 0.25) is 0 Å². The van der Waals surface area contributed by atoms with Crippen molar-refractivity contribution in [1.82, 2.24) is 10.6 Å². The van der Waals surface area contributed by atoms with Gasteiger partial charge in [0, 0.05) is 6.20 Å². The van der Waals surface area contributed by atoms with Crippen LogP contribution in [-0.2, 0) is 9.53 Å². The fourth-order valence-electron chi connectivity index (χ4n) is 0.580. The number of imide groups is 1. The molecular formula is C8H8N4O3. The molecule has 0 fully saturated rings. The monoisotopic (exact) mass is 208 g/mol. The van der Waals surface area contributed by atoms with E-state index in [-0.39, 0.29) is 6.61 Å². The predicted molar refractivity (Wildman–Crippen MR) is 47.6 cm³/mol. The second kappa shape index (κ2) is 6.92. The highest BCUT2D eigenvalue weighted by Crippen LogP contribution is 1.90. The lowest BCUT2D eigenvalue weighted by atomic mass is 10.3. The van der Waals surface area contributed by atoms with Crippen LogP contribution in [0.3, 0.4) is 0 Å². The van der Waals surface area contributed by atoms with Crippen molar-refractivity contribution < 1.29 is 14.3 Å². The van der Waals surface area contributed by atoms with Crippen molar-refractivity contribution in [3.05, 3.63) is 11.8 Å². The minimum Gasteiger partial charge on any atom is -0.450 e. The summed E-state index contributed by atoms with van der Waals surface area (Å²) in [6.07, 6.45) is 1.43. The molecule has 0 aliphatic carbocycles. The van der Waals surface area contributed by atoms with Crippen molar-refractivity contribution in [2.24, 2.45) is 0 Å². The summed E-state index contributed by atoms with van der Waals surface area (Å²) in [6.45, 7) is 1.68. The topological polar surface area (TPSA) is 115 Å². The molecule has 2 amide bonds. The maximum Gasteiger partial charge on any atom is 0.414 e. The van der Waals surface area contributed by atoms with Crippen molar-refractivity contribution >= 4 is 12.0 Å². The van der Waals surface area contributed by atoms with Crippen LogP contribution in [-0.4, -0.2) is 18.6 Å². The van der Waals surface area contributed by atoms with Crippen molar-refractivity contribution in [2.75, 3.05) is 6.61 Å². The maximum atomic E-state index is 11.1. The first-order valence-corrected chi connectivity index (χ1v) is 3.88. The van der Waals surface area contributed by atoms with E-state index >= 15 is 0 Å². The Morgan fingerprint density at radius 1 is 1.47 bits per heavy atom. The molecule has 2 N–H and O–H groups in total. The normalized spacial score (nSPS) is 9.40. The van der Waals surface area contributed by atoms with Crippen LogP contribution in [0.25, 0.3) is 0 Å². The molecule has 0 rings (SSSR count). The third kappa shape index (κ3) is 4.90. The lowest BCUT2D eigenvalue weighted by Crippen LogP contribution is -2.32. The highest BCUT2D eigenvalue weighted by Gasteiger charge is 2.12. The van der Waals surface area contributed by atoms with E-state index in [1.165, 1.54) is 12.3 Å². The Morgan fingerprint density at radius 2 is 2.13 bits per heavy atom. The molecule has 78 valence electrons. The second-order valence-electron chi connectivity index (χ2n) is 2.10. The standard InChI is InChI=1S/C8H8N4O3/c1-2-15-8(14)12-7(13)6(3-9)4-11-5-10/h4,11H,2H2,1H3,(H,12,13,14)/b6-4-. The van der Waals surface area contributed by atoms with Gasteiger partial charge in [0.15, 0.2) is 6.19 Å². The van der Waals surface area contributed by atoms with Crippen LogP contribution in [0.5, 0.6) is 0 Å². The SMILES string of the molecule is CCOC(=O)NC(=O)/C(C#N)=C\NC#N. The van der Waals surface area contributed by atoms with Crippen LogP contribution in [0.4, 0.5) is 4.79 Å². The van der Waals surface area contributed by atoms with Crippen LogP contribution >= 0.6 is 0 Å². The van der Waals surface area contributed by atoms with Crippen molar-refractivity contribution in [3.8, 4) is 12.3 Å². The Morgan fingerprint density at radius 3 is 2.60 bits per heavy atom. The number of hydrogen-bond donors (Lipinski definition) is 2. The Kier molecular flexibility index (Phi) is 5.75. The third-order valence-electron chi connectivity index (χ3n) is 1.14. The van der Waals surface area contributed by atoms with Gasteiger partial charge < -0.3 is 4.74 Å². The number of carbonyl (C=O) groups excluding carboxylic acids is 2. The van der Waals surface area contributed by atoms with Gasteiger partial charge in [-0.15, -0.1) is 0 Å². The molecular weight excluding hydrogens is 200 g/mol. The van der Waals surface area contributed by atoms with Gasteiger partial charge in [0.05, 0.1) is 6.61 Å². The summed E-state index contributed by atoms with van der Waals surface area (Å²) in [7, 11) is 0. The number of alkyl carbamates (subject to hydrolysis) is 1. The lowest BCUT2D eigenvalue weighted by Gasteiger charge is -2.01. The highest BCUT2D eigenvalue weighted by molar-refractivity contribution is 6.04. The molecule has 0 aromatic heterocycles. The molecule has 0 radical (unpaired) electrons. The largest absolute Gasteiger partial charge is 0.450 e. The van der Waals surface area contributed by atoms with E-state index in [0.717, 1.165) is 6.20 Å². The highest BCUT2D eigenvalue weighted by atomic mass is 16.5. The molecule has 7 nitrogen and oxygen atoms in total. The molecule has 0 atom stereocenters. The molecule has 15 heavy (non-hydrogen) atoms. The van der Waals surface area contributed by atoms with Gasteiger partial charge in [0.1, 0.15) is 11.6 Å². The molecule has 7 heteroatoms. The summed E-state index contributed by atoms with van der Waals surface area (Å²) in [5.41, 5.74) is -0.399. The maximum absolute atomic E-state index is 11.1. The lowest BCUT2D eigenvalue weighted by molar-refractivity contribution is -0.116. The fourth-order valence-corrected chi connectivity index (χ4v) is 0.580. The van der Waals surface area contributed by atoms with Crippen molar-refractivity contribution in [3.63, 3.8) is 0 Å². The molecule has 0 aromatic carbocycles. The first kappa shape index (κ1) is 12.5. The quantitative estimate of drug-likeness (QED) is 0.285. The number of rotatable bonds is 3. The summed E-state index contributed by atoms with van der Waals surface area (Å²) in [5.74, 6) is -0.932. The average molecular weight is 208 g/mol. The zero-order valence-corrected chi connectivity index (χ0v) is 7.90. The molecule has 0 heterocycles. The van der Waals surface area contributed by atoms with E-state index < -0.39 is 17.6 Å². The number of nitriles is 2. The summed E-state index contributed by atoms with van der Waals surface area (Å²) in [6, 6.07) is 1.51. The number of carbonyl (C=O) groups is 2. The Balaban J connectivity index is 4.38. The Hall–Kier alpha value is -2.54. The van der Waals surface area contributed by atoms with Gasteiger partial charge in [-0.05, 0) is 6.92 Å². The van der Waals surface area contributed by atoms with E-state index in [1.54, 1.807) is 12.2 Å². The van der Waals surface area contributed by atoms with Gasteiger partial charge in [-0.1, -0.05) is 0 Å². The van der Waals surface area contributed by atoms with E-state index in [9.17, 15) is 9.59 Å². The van der Waals surface area contributed by atoms with E-state index in [0.29, 0.717) is 0 Å². The summed E-state index contributed by atoms with van der Waals surface area (Å²) >= 11 is 0. The smallest absolute Gasteiger partial charge is 0.414 e. The molecule has 0 saturated carbocycles. The van der Waals surface area contributed by atoms with E-state index in [1.807, 2.05) is 5.32 Å². The molecule has 0 bridgehead atoms. The van der Waals surface area contributed by atoms with Crippen LogP contribution in [0.1, 0.15) is 6.92 Å². The van der Waals surface area contributed by atoms with Crippen LogP contribution in [0.2, 0.25) is 0 Å². The molecule has 0 spiro atoms. The first-order chi connectivity index (χ1) is 7.15. The Bertz CT molecular complexity index is 361. The fraction of sp³-hybridized carbons (Fsp3) is 0.250. The number of amides is 2. The van der Waals surface area contributed by atoms with Crippen LogP contribution < -0.4 is 10.6 Å². The Labute approximate surface area is 85.9 Å². The predicted octanol–water partition coefficient (Wildman–Crippen LogP) is -0.263. The van der Waals surface area contributed by atoms with Gasteiger partial charge in [0.25, 0.3) is 5.91 Å². The number of nitrogens with zero attached hydrogens (tertiary/aromatic N) is 2.